The van der Waals surface area contributed by atoms with E-state index in [1.807, 2.05) is 12.3 Å². The topological polar surface area (TPSA) is 28.5 Å². The molecule has 1 aromatic carbocycles. The van der Waals surface area contributed by atoms with Crippen LogP contribution in [-0.4, -0.2) is 34.2 Å². The number of nitrogens with zero attached hydrogens (tertiary/aromatic N) is 3. The highest BCUT2D eigenvalue weighted by Gasteiger charge is 2.75. The summed E-state index contributed by atoms with van der Waals surface area (Å²) >= 11 is 0. The molecule has 2 saturated carbocycles. The van der Waals surface area contributed by atoms with Crippen LogP contribution in [0.5, 0.6) is 0 Å². The largest absolute Gasteiger partial charge is 0.290 e. The molecule has 0 amide bonds. The lowest BCUT2D eigenvalue weighted by atomic mass is 9.52. The smallest absolute Gasteiger partial charge is 0.125 e. The Morgan fingerprint density at radius 1 is 1.14 bits per heavy atom. The van der Waals surface area contributed by atoms with Gasteiger partial charge < -0.3 is 0 Å². The van der Waals surface area contributed by atoms with Crippen molar-refractivity contribution in [3.8, 4) is 0 Å². The Hall–Kier alpha value is -2.26. The average molecular weight is 370 g/mol. The first-order valence-corrected chi connectivity index (χ1v) is 10.7. The SMILES string of the molecule is C=CCN1CC2CC3C(c4ccccc4)=NC2(c2ccccn2)C12CCCC32. The highest BCUT2D eigenvalue weighted by molar-refractivity contribution is 6.04. The maximum atomic E-state index is 5.69. The summed E-state index contributed by atoms with van der Waals surface area (Å²) in [6, 6.07) is 17.3. The zero-order valence-corrected chi connectivity index (χ0v) is 16.3. The molecule has 7 rings (SSSR count). The average Bonchev–Trinajstić information content (AvgIpc) is 3.30. The zero-order valence-electron chi connectivity index (χ0n) is 16.3. The summed E-state index contributed by atoms with van der Waals surface area (Å²) < 4.78 is 0. The van der Waals surface area contributed by atoms with Gasteiger partial charge >= 0.3 is 0 Å². The first-order chi connectivity index (χ1) is 13.8. The Morgan fingerprint density at radius 3 is 2.79 bits per heavy atom. The molecule has 1 aromatic heterocycles. The summed E-state index contributed by atoms with van der Waals surface area (Å²) in [7, 11) is 0. The number of pyridine rings is 1. The van der Waals surface area contributed by atoms with Crippen molar-refractivity contribution in [2.75, 3.05) is 13.1 Å². The summed E-state index contributed by atoms with van der Waals surface area (Å²) in [6.07, 6.45) is 9.14. The van der Waals surface area contributed by atoms with E-state index in [2.05, 4.69) is 60.0 Å². The van der Waals surface area contributed by atoms with Gasteiger partial charge in [-0.25, -0.2) is 0 Å². The number of rotatable bonds is 4. The molecule has 3 fully saturated rings. The van der Waals surface area contributed by atoms with Crippen molar-refractivity contribution in [2.45, 2.75) is 36.8 Å². The van der Waals surface area contributed by atoms with Gasteiger partial charge in [-0.2, -0.15) is 0 Å². The van der Waals surface area contributed by atoms with Gasteiger partial charge in [-0.3, -0.25) is 14.9 Å². The molecule has 3 aliphatic heterocycles. The lowest BCUT2D eigenvalue weighted by Crippen LogP contribution is -2.67. The molecule has 5 aliphatic rings. The Balaban J connectivity index is 1.64. The van der Waals surface area contributed by atoms with Crippen LogP contribution in [0.4, 0.5) is 0 Å². The van der Waals surface area contributed by atoms with Gasteiger partial charge in [-0.05, 0) is 42.9 Å². The standard InChI is InChI=1S/C25H27N3/c1-2-15-28-17-19-16-20-21-11-8-13-24(21,28)25(19,22-12-6-7-14-26-22)27-23(20)18-9-4-3-5-10-18/h2-7,9-10,12,14,19-21H,1,8,11,13,15-17H2. The molecule has 3 nitrogen and oxygen atoms in total. The van der Waals surface area contributed by atoms with Gasteiger partial charge in [0.15, 0.2) is 0 Å². The monoisotopic (exact) mass is 369 g/mol. The van der Waals surface area contributed by atoms with Crippen LogP contribution in [0.25, 0.3) is 0 Å². The van der Waals surface area contributed by atoms with E-state index >= 15 is 0 Å². The van der Waals surface area contributed by atoms with Crippen LogP contribution in [0.3, 0.4) is 0 Å². The van der Waals surface area contributed by atoms with Gasteiger partial charge in [-0.1, -0.05) is 48.9 Å². The van der Waals surface area contributed by atoms with E-state index in [4.69, 9.17) is 9.98 Å². The number of likely N-dealkylation sites (tertiary alicyclic amines) is 1. The summed E-state index contributed by atoms with van der Waals surface area (Å²) in [5.41, 5.74) is 3.74. The van der Waals surface area contributed by atoms with Crippen LogP contribution in [0, 0.1) is 17.8 Å². The molecule has 1 saturated heterocycles. The summed E-state index contributed by atoms with van der Waals surface area (Å²) in [5, 5.41) is 0. The molecule has 4 bridgehead atoms. The molecule has 1 spiro atoms. The predicted octanol–water partition coefficient (Wildman–Crippen LogP) is 4.46. The van der Waals surface area contributed by atoms with E-state index in [1.54, 1.807) is 0 Å². The molecule has 0 radical (unpaired) electrons. The number of aliphatic imine (C=N–C) groups is 1. The molecule has 142 valence electrons. The fraction of sp³-hybridized carbons (Fsp3) is 0.440. The quantitative estimate of drug-likeness (QED) is 0.745. The minimum atomic E-state index is -0.210. The third-order valence-corrected chi connectivity index (χ3v) is 8.09. The van der Waals surface area contributed by atoms with Crippen LogP contribution in [0.2, 0.25) is 0 Å². The molecular weight excluding hydrogens is 342 g/mol. The zero-order chi connectivity index (χ0) is 18.8. The van der Waals surface area contributed by atoms with Gasteiger partial charge in [0, 0.05) is 36.8 Å². The Bertz CT molecular complexity index is 937. The second kappa shape index (κ2) is 5.87. The van der Waals surface area contributed by atoms with Crippen molar-refractivity contribution in [1.29, 1.82) is 0 Å². The molecule has 4 heterocycles. The van der Waals surface area contributed by atoms with E-state index in [0.717, 1.165) is 13.1 Å². The minimum absolute atomic E-state index is 0.113. The maximum absolute atomic E-state index is 5.69. The highest BCUT2D eigenvalue weighted by Crippen LogP contribution is 2.70. The van der Waals surface area contributed by atoms with Crippen molar-refractivity contribution >= 4 is 5.71 Å². The van der Waals surface area contributed by atoms with Crippen molar-refractivity contribution in [1.82, 2.24) is 9.88 Å². The minimum Gasteiger partial charge on any atom is -0.290 e. The van der Waals surface area contributed by atoms with Crippen molar-refractivity contribution in [3.63, 3.8) is 0 Å². The van der Waals surface area contributed by atoms with Gasteiger partial charge in [-0.15, -0.1) is 6.58 Å². The van der Waals surface area contributed by atoms with Crippen molar-refractivity contribution in [2.24, 2.45) is 22.7 Å². The Kier molecular flexibility index (Phi) is 3.49. The fourth-order valence-electron chi connectivity index (χ4n) is 7.41. The van der Waals surface area contributed by atoms with Crippen molar-refractivity contribution < 1.29 is 0 Å². The fourth-order valence-corrected chi connectivity index (χ4v) is 7.41. The number of hydrogen-bond donors (Lipinski definition) is 0. The van der Waals surface area contributed by atoms with Gasteiger partial charge in [0.1, 0.15) is 5.54 Å². The van der Waals surface area contributed by atoms with Crippen molar-refractivity contribution in [3.05, 3.63) is 78.6 Å². The summed E-state index contributed by atoms with van der Waals surface area (Å²) in [6.45, 7) is 6.17. The van der Waals surface area contributed by atoms with Crippen LogP contribution in [0.15, 0.2) is 72.4 Å². The van der Waals surface area contributed by atoms with E-state index in [1.165, 1.54) is 42.7 Å². The van der Waals surface area contributed by atoms with Crippen LogP contribution < -0.4 is 0 Å². The predicted molar refractivity (Wildman–Crippen MR) is 112 cm³/mol. The van der Waals surface area contributed by atoms with Gasteiger partial charge in [0.2, 0.25) is 0 Å². The Morgan fingerprint density at radius 2 is 2.00 bits per heavy atom. The Labute approximate surface area is 167 Å². The molecule has 28 heavy (non-hydrogen) atoms. The second-order valence-corrected chi connectivity index (χ2v) is 9.00. The number of benzene rings is 1. The first-order valence-electron chi connectivity index (χ1n) is 10.7. The third-order valence-electron chi connectivity index (χ3n) is 8.09. The first kappa shape index (κ1) is 16.7. The van der Waals surface area contributed by atoms with E-state index in [0.29, 0.717) is 17.8 Å². The summed E-state index contributed by atoms with van der Waals surface area (Å²) in [5.74, 6) is 1.80. The van der Waals surface area contributed by atoms with Crippen LogP contribution in [0.1, 0.15) is 36.9 Å². The molecule has 5 atom stereocenters. The molecular formula is C25H27N3. The lowest BCUT2D eigenvalue weighted by molar-refractivity contribution is -0.00918. The molecule has 2 aliphatic carbocycles. The summed E-state index contributed by atoms with van der Waals surface area (Å²) in [4.78, 5) is 13.4. The molecule has 3 heteroatoms. The van der Waals surface area contributed by atoms with E-state index < -0.39 is 0 Å². The third kappa shape index (κ3) is 1.84. The maximum Gasteiger partial charge on any atom is 0.125 e. The second-order valence-electron chi connectivity index (χ2n) is 9.00. The number of aromatic nitrogens is 1. The van der Waals surface area contributed by atoms with Crippen LogP contribution in [-0.2, 0) is 5.54 Å². The van der Waals surface area contributed by atoms with E-state index in [9.17, 15) is 0 Å². The molecule has 0 N–H and O–H groups in total. The van der Waals surface area contributed by atoms with E-state index in [-0.39, 0.29) is 11.1 Å². The van der Waals surface area contributed by atoms with Gasteiger partial charge in [0.25, 0.3) is 0 Å². The van der Waals surface area contributed by atoms with Crippen LogP contribution >= 0.6 is 0 Å². The highest BCUT2D eigenvalue weighted by atomic mass is 15.3. The molecule has 5 unspecified atom stereocenters. The van der Waals surface area contributed by atoms with Gasteiger partial charge in [0.05, 0.1) is 11.2 Å². The number of hydrogen-bond acceptors (Lipinski definition) is 3. The lowest BCUT2D eigenvalue weighted by Gasteiger charge is -2.59. The molecule has 2 aromatic rings. The normalized spacial score (nSPS) is 38.3.